The van der Waals surface area contributed by atoms with Gasteiger partial charge in [-0.15, -0.1) is 0 Å². The Balaban J connectivity index is 1.20. The third-order valence-corrected chi connectivity index (χ3v) is 11.0. The zero-order valence-corrected chi connectivity index (χ0v) is 34.6. The van der Waals surface area contributed by atoms with Crippen molar-refractivity contribution in [1.82, 2.24) is 19.1 Å². The molecule has 0 spiro atoms. The van der Waals surface area contributed by atoms with E-state index >= 15 is 0 Å². The van der Waals surface area contributed by atoms with Crippen LogP contribution in [0.4, 0.5) is 0 Å². The largest absolute Gasteiger partial charge is 0.458 e. The monoisotopic (exact) mass is 803 g/mol. The summed E-state index contributed by atoms with van der Waals surface area (Å²) in [5, 5.41) is 2.12. The van der Waals surface area contributed by atoms with Gasteiger partial charge in [0.05, 0.1) is 47.1 Å². The molecule has 0 N–H and O–H groups in total. The molecule has 6 aromatic carbocycles. The smallest absolute Gasteiger partial charge is 0.269 e. The van der Waals surface area contributed by atoms with Gasteiger partial charge in [-0.2, -0.15) is 0 Å². The molecular weight excluding hydrogens is 747 g/mol. The van der Waals surface area contributed by atoms with Crippen LogP contribution in [0.5, 0.6) is 11.5 Å². The molecule has 0 aliphatic carbocycles. The highest BCUT2D eigenvalue weighted by atomic mass is 16.5. The molecular formula is C55H47N5O. The minimum atomic E-state index is -0.575. The third kappa shape index (κ3) is 6.94. The summed E-state index contributed by atoms with van der Waals surface area (Å²) < 4.78 is 99.8. The summed E-state index contributed by atoms with van der Waals surface area (Å²) >= 11 is 0. The Hall–Kier alpha value is -7.31. The van der Waals surface area contributed by atoms with Crippen molar-refractivity contribution in [2.75, 3.05) is 0 Å². The standard InChI is InChI=1S/C55H47N5O/c1-54(2,3)39-26-29-57-52(32-39)60-48-23-14-13-20-46(48)47-25-24-42(34-50(47)60)61-43-31-40(55(4,5)6)30-41(33-43)58-36-59(51-35-56-28-27-49(51)58)53-44(37-16-9-7-10-17-37)21-15-22-45(53)38-18-11-8-12-19-38/h7-35H,1-6H3/i7D,8D,9D,10D,11D,12D,16D,17D,18D,19D. The molecule has 0 bridgehead atoms. The minimum absolute atomic E-state index is 0.0981. The van der Waals surface area contributed by atoms with Gasteiger partial charge in [0, 0.05) is 35.4 Å². The van der Waals surface area contributed by atoms with Crippen LogP contribution in [-0.4, -0.2) is 19.1 Å². The third-order valence-electron chi connectivity index (χ3n) is 11.0. The number of hydrogen-bond acceptors (Lipinski definition) is 3. The lowest BCUT2D eigenvalue weighted by atomic mass is 9.86. The lowest BCUT2D eigenvalue weighted by Crippen LogP contribution is -2.31. The predicted molar refractivity (Wildman–Crippen MR) is 248 cm³/mol. The maximum Gasteiger partial charge on any atom is 0.269 e. The van der Waals surface area contributed by atoms with Crippen molar-refractivity contribution >= 4 is 32.8 Å². The first kappa shape index (κ1) is 28.2. The lowest BCUT2D eigenvalue weighted by molar-refractivity contribution is -0.571. The number of imidazole rings is 1. The molecule has 0 aliphatic heterocycles. The number of pyridine rings is 2. The second-order valence-electron chi connectivity index (χ2n) is 17.1. The van der Waals surface area contributed by atoms with Gasteiger partial charge in [0.2, 0.25) is 0 Å². The highest BCUT2D eigenvalue weighted by Gasteiger charge is 2.23. The van der Waals surface area contributed by atoms with Crippen LogP contribution in [0.2, 0.25) is 0 Å². The Labute approximate surface area is 371 Å². The number of nitrogens with zero attached hydrogens (tertiary/aromatic N) is 5. The summed E-state index contributed by atoms with van der Waals surface area (Å²) in [4.78, 5) is 9.32. The highest BCUT2D eigenvalue weighted by Crippen LogP contribution is 2.39. The van der Waals surface area contributed by atoms with E-state index in [1.165, 1.54) is 0 Å². The van der Waals surface area contributed by atoms with Crippen LogP contribution in [0, 0.1) is 6.33 Å². The molecule has 0 atom stereocenters. The van der Waals surface area contributed by atoms with Crippen molar-refractivity contribution in [2.45, 2.75) is 52.4 Å². The van der Waals surface area contributed by atoms with Crippen molar-refractivity contribution in [1.29, 1.82) is 0 Å². The Morgan fingerprint density at radius 3 is 2.00 bits per heavy atom. The molecule has 6 nitrogen and oxygen atoms in total. The second kappa shape index (κ2) is 14.8. The maximum atomic E-state index is 9.06. The van der Waals surface area contributed by atoms with E-state index in [4.69, 9.17) is 23.4 Å². The van der Waals surface area contributed by atoms with Crippen molar-refractivity contribution in [2.24, 2.45) is 0 Å². The molecule has 61 heavy (non-hydrogen) atoms. The van der Waals surface area contributed by atoms with E-state index in [9.17, 15) is 0 Å². The summed E-state index contributed by atoms with van der Waals surface area (Å²) in [6.07, 6.45) is 8.54. The van der Waals surface area contributed by atoms with Gasteiger partial charge in [-0.3, -0.25) is 18.7 Å². The SMILES string of the molecule is [2H]c1c([2H])c([2H])c(-c2cccc(-c3c([2H])c([2H])c([2H])c([2H])c3[2H])c2-[n+]2[c-]n(-c3cc(Oc4ccc5c6ccccc6n(-c6cc(C(C)(C)C)ccn6)c5c4)cc(C(C)(C)C)c3)c3ccncc32)c([2H])c1[2H]. The fourth-order valence-corrected chi connectivity index (χ4v) is 7.88. The topological polar surface area (TPSA) is 48.8 Å². The van der Waals surface area contributed by atoms with Crippen molar-refractivity contribution < 1.29 is 23.0 Å². The van der Waals surface area contributed by atoms with Crippen LogP contribution in [0.1, 0.15) is 66.4 Å². The van der Waals surface area contributed by atoms with Crippen molar-refractivity contribution in [3.05, 3.63) is 194 Å². The Kier molecular flexibility index (Phi) is 6.82. The zero-order chi connectivity index (χ0) is 50.6. The average molecular weight is 804 g/mol. The molecule has 0 unspecified atom stereocenters. The number of aromatic nitrogens is 5. The number of para-hydroxylation sites is 2. The highest BCUT2D eigenvalue weighted by molar-refractivity contribution is 6.09. The van der Waals surface area contributed by atoms with Crippen LogP contribution in [0.3, 0.4) is 0 Å². The Morgan fingerprint density at radius 1 is 0.607 bits per heavy atom. The van der Waals surface area contributed by atoms with Gasteiger partial charge in [0.25, 0.3) is 6.33 Å². The van der Waals surface area contributed by atoms with E-state index < -0.39 is 60.4 Å². The summed E-state index contributed by atoms with van der Waals surface area (Å²) in [5.41, 5.74) is 5.33. The van der Waals surface area contributed by atoms with Crippen LogP contribution >= 0.6 is 0 Å². The summed E-state index contributed by atoms with van der Waals surface area (Å²) in [5.74, 6) is 1.90. The van der Waals surface area contributed by atoms with Gasteiger partial charge in [0.1, 0.15) is 17.3 Å². The quantitative estimate of drug-likeness (QED) is 0.119. The van der Waals surface area contributed by atoms with Gasteiger partial charge in [0.15, 0.2) is 0 Å². The molecule has 10 rings (SSSR count). The van der Waals surface area contributed by atoms with Crippen molar-refractivity contribution in [3.63, 3.8) is 0 Å². The summed E-state index contributed by atoms with van der Waals surface area (Å²) in [6, 6.07) is 25.6. The fraction of sp³-hybridized carbons (Fsp3) is 0.145. The van der Waals surface area contributed by atoms with E-state index in [-0.39, 0.29) is 38.8 Å². The predicted octanol–water partition coefficient (Wildman–Crippen LogP) is 13.3. The van der Waals surface area contributed by atoms with Crippen LogP contribution in [0.25, 0.3) is 72.3 Å². The van der Waals surface area contributed by atoms with E-state index in [1.54, 1.807) is 45.8 Å². The van der Waals surface area contributed by atoms with E-state index in [0.29, 0.717) is 28.2 Å². The first-order valence-electron chi connectivity index (χ1n) is 25.1. The molecule has 0 fully saturated rings. The Bertz CT molecular complexity index is 3700. The zero-order valence-electron chi connectivity index (χ0n) is 44.6. The van der Waals surface area contributed by atoms with Gasteiger partial charge >= 0.3 is 0 Å². The summed E-state index contributed by atoms with van der Waals surface area (Å²) in [6.45, 7) is 12.8. The normalized spacial score (nSPS) is 14.4. The summed E-state index contributed by atoms with van der Waals surface area (Å²) in [7, 11) is 0. The molecule has 0 radical (unpaired) electrons. The molecule has 298 valence electrons. The van der Waals surface area contributed by atoms with Crippen LogP contribution < -0.4 is 9.30 Å². The number of rotatable bonds is 7. The maximum absolute atomic E-state index is 9.06. The molecule has 0 saturated heterocycles. The molecule has 0 saturated carbocycles. The molecule has 4 heterocycles. The molecule has 4 aromatic heterocycles. The molecule has 0 aliphatic rings. The van der Waals surface area contributed by atoms with Gasteiger partial charge in [-0.25, -0.2) is 4.98 Å². The first-order chi connectivity index (χ1) is 33.6. The number of ether oxygens (including phenoxy) is 1. The number of hydrogen-bond donors (Lipinski definition) is 0. The van der Waals surface area contributed by atoms with E-state index in [1.807, 2.05) is 54.7 Å². The van der Waals surface area contributed by atoms with Crippen LogP contribution in [-0.2, 0) is 10.8 Å². The van der Waals surface area contributed by atoms with E-state index in [0.717, 1.165) is 38.8 Å². The fourth-order valence-electron chi connectivity index (χ4n) is 7.88. The average Bonchev–Trinajstić information content (AvgIpc) is 3.89. The first-order valence-corrected chi connectivity index (χ1v) is 20.1. The number of fused-ring (bicyclic) bond motifs is 4. The molecule has 6 heteroatoms. The van der Waals surface area contributed by atoms with Crippen molar-refractivity contribution in [3.8, 4) is 50.9 Å². The van der Waals surface area contributed by atoms with Crippen LogP contribution in [0.15, 0.2) is 176 Å². The Morgan fingerprint density at radius 2 is 1.30 bits per heavy atom. The lowest BCUT2D eigenvalue weighted by Gasteiger charge is -2.22. The number of benzene rings is 6. The van der Waals surface area contributed by atoms with Gasteiger partial charge in [-0.05, 0) is 98.8 Å². The molecule has 0 amide bonds. The van der Waals surface area contributed by atoms with Gasteiger partial charge < -0.3 is 4.74 Å². The second-order valence-corrected chi connectivity index (χ2v) is 17.1. The molecule has 10 aromatic rings. The minimum Gasteiger partial charge on any atom is -0.458 e. The van der Waals surface area contributed by atoms with Gasteiger partial charge in [-0.1, -0.05) is 138 Å². The van der Waals surface area contributed by atoms with E-state index in [2.05, 4.69) is 81.7 Å².